The third-order valence-electron chi connectivity index (χ3n) is 2.89. The van der Waals surface area contributed by atoms with Gasteiger partial charge >= 0.3 is 0 Å². The summed E-state index contributed by atoms with van der Waals surface area (Å²) < 4.78 is 5.69. The number of alkyl halides is 2. The third-order valence-corrected chi connectivity index (χ3v) is 3.51. The van der Waals surface area contributed by atoms with Crippen LogP contribution in [0.4, 0.5) is 0 Å². The smallest absolute Gasteiger partial charge is 0.0721 e. The van der Waals surface area contributed by atoms with Crippen LogP contribution >= 0.6 is 23.2 Å². The van der Waals surface area contributed by atoms with Crippen LogP contribution in [0.5, 0.6) is 0 Å². The van der Waals surface area contributed by atoms with E-state index < -0.39 is 0 Å². The fourth-order valence-electron chi connectivity index (χ4n) is 1.74. The van der Waals surface area contributed by atoms with Crippen molar-refractivity contribution in [1.82, 2.24) is 0 Å². The second-order valence-corrected chi connectivity index (χ2v) is 4.93. The zero-order valence-corrected chi connectivity index (χ0v) is 12.1. The molecule has 0 radical (unpaired) electrons. The number of halogens is 2. The lowest BCUT2D eigenvalue weighted by atomic mass is 10.1. The Bertz CT molecular complexity index is 444. The molecule has 0 aliphatic carbocycles. The predicted octanol–water partition coefficient (Wildman–Crippen LogP) is 4.88. The molecule has 0 aliphatic heterocycles. The molecule has 0 heterocycles. The largest absolute Gasteiger partial charge is 0.372 e. The molecule has 0 unspecified atom stereocenters. The molecular formula is C16H16Cl2O. The van der Waals surface area contributed by atoms with Gasteiger partial charge in [-0.25, -0.2) is 0 Å². The van der Waals surface area contributed by atoms with Crippen LogP contribution in [0.1, 0.15) is 22.3 Å². The summed E-state index contributed by atoms with van der Waals surface area (Å²) in [6.07, 6.45) is 0. The maximum atomic E-state index is 5.75. The van der Waals surface area contributed by atoms with Crippen LogP contribution in [0.2, 0.25) is 0 Å². The molecule has 2 rings (SSSR count). The highest BCUT2D eigenvalue weighted by molar-refractivity contribution is 6.17. The minimum atomic E-state index is 0.550. The second kappa shape index (κ2) is 7.54. The van der Waals surface area contributed by atoms with E-state index in [1.165, 1.54) is 0 Å². The zero-order valence-electron chi connectivity index (χ0n) is 10.6. The van der Waals surface area contributed by atoms with Crippen molar-refractivity contribution in [2.24, 2.45) is 0 Å². The number of ether oxygens (including phenoxy) is 1. The van der Waals surface area contributed by atoms with Gasteiger partial charge in [-0.2, -0.15) is 0 Å². The molecule has 0 saturated carbocycles. The number of hydrogen-bond acceptors (Lipinski definition) is 1. The van der Waals surface area contributed by atoms with E-state index in [0.29, 0.717) is 25.0 Å². The molecule has 0 atom stereocenters. The van der Waals surface area contributed by atoms with Crippen LogP contribution in [-0.2, 0) is 29.7 Å². The number of benzene rings is 2. The first-order valence-corrected chi connectivity index (χ1v) is 7.24. The maximum absolute atomic E-state index is 5.75. The van der Waals surface area contributed by atoms with Gasteiger partial charge in [-0.15, -0.1) is 23.2 Å². The highest BCUT2D eigenvalue weighted by Gasteiger charge is 1.97. The minimum Gasteiger partial charge on any atom is -0.372 e. The van der Waals surface area contributed by atoms with E-state index in [1.54, 1.807) is 0 Å². The number of hydrogen-bond donors (Lipinski definition) is 0. The van der Waals surface area contributed by atoms with Crippen LogP contribution in [0.15, 0.2) is 48.5 Å². The summed E-state index contributed by atoms with van der Waals surface area (Å²) in [6.45, 7) is 1.22. The first-order chi connectivity index (χ1) is 9.31. The van der Waals surface area contributed by atoms with E-state index in [9.17, 15) is 0 Å². The zero-order chi connectivity index (χ0) is 13.5. The third kappa shape index (κ3) is 4.54. The van der Waals surface area contributed by atoms with E-state index in [-0.39, 0.29) is 0 Å². The Morgan fingerprint density at radius 3 is 1.21 bits per heavy atom. The highest BCUT2D eigenvalue weighted by atomic mass is 35.5. The molecule has 0 N–H and O–H groups in total. The van der Waals surface area contributed by atoms with Crippen molar-refractivity contribution in [2.75, 3.05) is 0 Å². The summed E-state index contributed by atoms with van der Waals surface area (Å²) in [6, 6.07) is 16.3. The van der Waals surface area contributed by atoms with Crippen LogP contribution in [-0.4, -0.2) is 0 Å². The van der Waals surface area contributed by atoms with Crippen molar-refractivity contribution in [1.29, 1.82) is 0 Å². The topological polar surface area (TPSA) is 9.23 Å². The Morgan fingerprint density at radius 1 is 0.579 bits per heavy atom. The summed E-state index contributed by atoms with van der Waals surface area (Å²) in [4.78, 5) is 0. The normalized spacial score (nSPS) is 10.6. The van der Waals surface area contributed by atoms with Crippen LogP contribution in [0, 0.1) is 0 Å². The highest BCUT2D eigenvalue weighted by Crippen LogP contribution is 2.11. The van der Waals surface area contributed by atoms with E-state index in [4.69, 9.17) is 27.9 Å². The number of rotatable bonds is 6. The summed E-state index contributed by atoms with van der Waals surface area (Å²) in [5, 5.41) is 0. The molecule has 3 heteroatoms. The monoisotopic (exact) mass is 294 g/mol. The lowest BCUT2D eigenvalue weighted by Gasteiger charge is -2.06. The Hall–Kier alpha value is -1.02. The van der Waals surface area contributed by atoms with Gasteiger partial charge in [0.05, 0.1) is 13.2 Å². The van der Waals surface area contributed by atoms with Gasteiger partial charge < -0.3 is 4.74 Å². The molecule has 0 fully saturated rings. The Labute approximate surface area is 124 Å². The van der Waals surface area contributed by atoms with Crippen molar-refractivity contribution in [3.8, 4) is 0 Å². The quantitative estimate of drug-likeness (QED) is 0.690. The van der Waals surface area contributed by atoms with Gasteiger partial charge in [0.25, 0.3) is 0 Å². The molecule has 1 nitrogen and oxygen atoms in total. The first kappa shape index (κ1) is 14.4. The van der Waals surface area contributed by atoms with Gasteiger partial charge in [0.2, 0.25) is 0 Å². The van der Waals surface area contributed by atoms with E-state index in [2.05, 4.69) is 0 Å². The average Bonchev–Trinajstić information content (AvgIpc) is 2.49. The summed E-state index contributed by atoms with van der Waals surface area (Å²) in [7, 11) is 0. The molecule has 0 bridgehead atoms. The van der Waals surface area contributed by atoms with Crippen LogP contribution in [0.3, 0.4) is 0 Å². The van der Waals surface area contributed by atoms with Gasteiger partial charge in [0.1, 0.15) is 0 Å². The van der Waals surface area contributed by atoms with Gasteiger partial charge in [0, 0.05) is 11.8 Å². The Balaban J connectivity index is 1.81. The molecular weight excluding hydrogens is 279 g/mol. The lowest BCUT2D eigenvalue weighted by molar-refractivity contribution is 0.107. The fraction of sp³-hybridized carbons (Fsp3) is 0.250. The molecule has 19 heavy (non-hydrogen) atoms. The van der Waals surface area contributed by atoms with Crippen LogP contribution in [0.25, 0.3) is 0 Å². The summed E-state index contributed by atoms with van der Waals surface area (Å²) in [5.41, 5.74) is 4.57. The van der Waals surface area contributed by atoms with Gasteiger partial charge in [-0.1, -0.05) is 48.5 Å². The first-order valence-electron chi connectivity index (χ1n) is 6.17. The lowest BCUT2D eigenvalue weighted by Crippen LogP contribution is -1.94. The van der Waals surface area contributed by atoms with Gasteiger partial charge in [-0.3, -0.25) is 0 Å². The van der Waals surface area contributed by atoms with Crippen molar-refractivity contribution in [2.45, 2.75) is 25.0 Å². The van der Waals surface area contributed by atoms with E-state index in [0.717, 1.165) is 22.3 Å². The molecule has 0 saturated heterocycles. The van der Waals surface area contributed by atoms with E-state index in [1.807, 2.05) is 48.5 Å². The van der Waals surface area contributed by atoms with Crippen molar-refractivity contribution >= 4 is 23.2 Å². The second-order valence-electron chi connectivity index (χ2n) is 4.39. The van der Waals surface area contributed by atoms with Crippen molar-refractivity contribution in [3.63, 3.8) is 0 Å². The predicted molar refractivity (Wildman–Crippen MR) is 80.5 cm³/mol. The Morgan fingerprint density at radius 2 is 0.895 bits per heavy atom. The minimum absolute atomic E-state index is 0.550. The molecule has 0 amide bonds. The van der Waals surface area contributed by atoms with E-state index >= 15 is 0 Å². The molecule has 2 aromatic carbocycles. The molecule has 2 aromatic rings. The standard InChI is InChI=1S/C16H16Cl2O/c17-9-13-1-5-15(6-2-13)11-19-12-16-7-3-14(10-18)4-8-16/h1-8H,9-12H2. The van der Waals surface area contributed by atoms with Crippen molar-refractivity contribution in [3.05, 3.63) is 70.8 Å². The van der Waals surface area contributed by atoms with Gasteiger partial charge in [0.15, 0.2) is 0 Å². The fourth-order valence-corrected chi connectivity index (χ4v) is 2.09. The molecule has 0 spiro atoms. The SMILES string of the molecule is ClCc1ccc(COCc2ccc(CCl)cc2)cc1. The molecule has 100 valence electrons. The van der Waals surface area contributed by atoms with Gasteiger partial charge in [-0.05, 0) is 22.3 Å². The van der Waals surface area contributed by atoms with Crippen molar-refractivity contribution < 1.29 is 4.74 Å². The maximum Gasteiger partial charge on any atom is 0.0721 e. The summed E-state index contributed by atoms with van der Waals surface area (Å²) in [5.74, 6) is 1.10. The Kier molecular flexibility index (Phi) is 5.71. The summed E-state index contributed by atoms with van der Waals surface area (Å²) >= 11 is 11.5. The molecule has 0 aliphatic rings. The van der Waals surface area contributed by atoms with Crippen LogP contribution < -0.4 is 0 Å². The average molecular weight is 295 g/mol. The molecule has 0 aromatic heterocycles.